The van der Waals surface area contributed by atoms with E-state index in [1.807, 2.05) is 12.1 Å². The van der Waals surface area contributed by atoms with Crippen LogP contribution in [0.15, 0.2) is 30.6 Å². The average molecular weight is 203 g/mol. The molecule has 13 heavy (non-hydrogen) atoms. The van der Waals surface area contributed by atoms with Crippen molar-refractivity contribution in [1.82, 2.24) is 4.57 Å². The van der Waals surface area contributed by atoms with Crippen molar-refractivity contribution < 1.29 is 18.9 Å². The van der Waals surface area contributed by atoms with E-state index in [9.17, 15) is 4.57 Å². The van der Waals surface area contributed by atoms with Gasteiger partial charge in [0.1, 0.15) is 0 Å². The molecule has 0 aromatic carbocycles. The van der Waals surface area contributed by atoms with Crippen LogP contribution in [-0.4, -0.2) is 21.0 Å². The van der Waals surface area contributed by atoms with Gasteiger partial charge in [0.05, 0.1) is 6.61 Å². The first-order valence-electron chi connectivity index (χ1n) is 3.57. The molecular weight excluding hydrogens is 193 g/mol. The fraction of sp³-hybridized carbons (Fsp3) is 0.143. The van der Waals surface area contributed by atoms with Gasteiger partial charge in [-0.05, 0) is 18.2 Å². The van der Waals surface area contributed by atoms with Crippen molar-refractivity contribution in [2.75, 3.05) is 6.61 Å². The van der Waals surface area contributed by atoms with Crippen LogP contribution in [0.4, 0.5) is 0 Å². The second kappa shape index (κ2) is 4.39. The first-order valence-corrected chi connectivity index (χ1v) is 5.10. The van der Waals surface area contributed by atoms with Crippen molar-refractivity contribution in [3.8, 4) is 0 Å². The van der Waals surface area contributed by atoms with Crippen molar-refractivity contribution in [3.63, 3.8) is 0 Å². The summed E-state index contributed by atoms with van der Waals surface area (Å²) < 4.78 is 16.2. The summed E-state index contributed by atoms with van der Waals surface area (Å²) in [5.74, 6) is 0. The predicted molar refractivity (Wildman–Crippen MR) is 47.8 cm³/mol. The molecule has 1 rings (SSSR count). The Morgan fingerprint density at radius 3 is 2.54 bits per heavy atom. The maximum atomic E-state index is 10.2. The normalized spacial score (nSPS) is 12.5. The number of aromatic nitrogens is 1. The lowest BCUT2D eigenvalue weighted by atomic mass is 10.6. The van der Waals surface area contributed by atoms with E-state index in [1.165, 1.54) is 6.08 Å². The second-order valence-corrected chi connectivity index (χ2v) is 3.54. The summed E-state index contributed by atoms with van der Waals surface area (Å²) in [6, 6.07) is 3.68. The highest BCUT2D eigenvalue weighted by Gasteiger charge is 2.11. The lowest BCUT2D eigenvalue weighted by Crippen LogP contribution is -1.88. The largest absolute Gasteiger partial charge is 0.469 e. The molecule has 0 saturated carbocycles. The van der Waals surface area contributed by atoms with Gasteiger partial charge < -0.3 is 14.4 Å². The molecule has 0 aliphatic carbocycles. The molecule has 0 saturated heterocycles. The number of hydrogen-bond acceptors (Lipinski definition) is 2. The lowest BCUT2D eigenvalue weighted by molar-refractivity contribution is 0.216. The van der Waals surface area contributed by atoms with Crippen molar-refractivity contribution in [1.29, 1.82) is 0 Å². The van der Waals surface area contributed by atoms with Gasteiger partial charge in [-0.1, -0.05) is 0 Å². The van der Waals surface area contributed by atoms with Crippen LogP contribution >= 0.6 is 7.82 Å². The maximum Gasteiger partial charge on any atom is 0.469 e. The molecule has 0 fully saturated rings. The number of phosphoric ester groups is 1. The molecular formula is C7H10NO4P. The zero-order chi connectivity index (χ0) is 9.73. The molecule has 1 aromatic rings. The smallest absolute Gasteiger partial charge is 0.331 e. The minimum absolute atomic E-state index is 0.109. The summed E-state index contributed by atoms with van der Waals surface area (Å²) in [6.45, 7) is -0.109. The van der Waals surface area contributed by atoms with Gasteiger partial charge in [0, 0.05) is 18.6 Å². The quantitative estimate of drug-likeness (QED) is 0.718. The molecule has 0 unspecified atom stereocenters. The Balaban J connectivity index is 2.31. The molecule has 2 N–H and O–H groups in total. The van der Waals surface area contributed by atoms with E-state index < -0.39 is 7.82 Å². The summed E-state index contributed by atoms with van der Waals surface area (Å²) in [5.41, 5.74) is 0. The summed E-state index contributed by atoms with van der Waals surface area (Å²) in [6.07, 6.45) is 6.76. The number of rotatable bonds is 4. The van der Waals surface area contributed by atoms with Crippen LogP contribution in [0.2, 0.25) is 0 Å². The molecule has 6 heteroatoms. The van der Waals surface area contributed by atoms with E-state index in [1.54, 1.807) is 23.2 Å². The van der Waals surface area contributed by atoms with Gasteiger partial charge in [0.25, 0.3) is 0 Å². The highest BCUT2D eigenvalue weighted by molar-refractivity contribution is 7.46. The molecule has 1 heterocycles. The lowest BCUT2D eigenvalue weighted by Gasteiger charge is -2.00. The predicted octanol–water partition coefficient (Wildman–Crippen LogP) is 1.07. The fourth-order valence-corrected chi connectivity index (χ4v) is 1.03. The van der Waals surface area contributed by atoms with Gasteiger partial charge in [-0.15, -0.1) is 0 Å². The SMILES string of the molecule is O=P(O)(O)OCC=Cn1cccc1. The highest BCUT2D eigenvalue weighted by Crippen LogP contribution is 2.35. The number of nitrogens with zero attached hydrogens (tertiary/aromatic N) is 1. The van der Waals surface area contributed by atoms with E-state index in [-0.39, 0.29) is 6.61 Å². The maximum absolute atomic E-state index is 10.2. The summed E-state index contributed by atoms with van der Waals surface area (Å²) >= 11 is 0. The van der Waals surface area contributed by atoms with E-state index in [0.29, 0.717) is 0 Å². The molecule has 0 bridgehead atoms. The molecule has 72 valence electrons. The van der Waals surface area contributed by atoms with Crippen LogP contribution in [0.25, 0.3) is 6.20 Å². The van der Waals surface area contributed by atoms with Crippen LogP contribution in [0, 0.1) is 0 Å². The Morgan fingerprint density at radius 1 is 1.38 bits per heavy atom. The number of hydrogen-bond donors (Lipinski definition) is 2. The summed E-state index contributed by atoms with van der Waals surface area (Å²) in [4.78, 5) is 16.6. The highest BCUT2D eigenvalue weighted by atomic mass is 31.2. The summed E-state index contributed by atoms with van der Waals surface area (Å²) in [5, 5.41) is 0. The molecule has 0 radical (unpaired) electrons. The van der Waals surface area contributed by atoms with Gasteiger partial charge in [0.2, 0.25) is 0 Å². The van der Waals surface area contributed by atoms with E-state index >= 15 is 0 Å². The molecule has 0 amide bonds. The Bertz CT molecular complexity index is 313. The van der Waals surface area contributed by atoms with Crippen LogP contribution in [0.1, 0.15) is 0 Å². The van der Waals surface area contributed by atoms with Crippen LogP contribution < -0.4 is 0 Å². The third kappa shape index (κ3) is 4.65. The Hall–Kier alpha value is -0.870. The minimum Gasteiger partial charge on any atom is -0.331 e. The number of phosphoric acid groups is 1. The zero-order valence-corrected chi connectivity index (χ0v) is 7.67. The Morgan fingerprint density at radius 2 is 2.00 bits per heavy atom. The second-order valence-electron chi connectivity index (χ2n) is 2.30. The van der Waals surface area contributed by atoms with Crippen molar-refractivity contribution >= 4 is 14.0 Å². The Labute approximate surface area is 75.5 Å². The third-order valence-corrected chi connectivity index (χ3v) is 1.73. The van der Waals surface area contributed by atoms with Crippen LogP contribution in [0.5, 0.6) is 0 Å². The monoisotopic (exact) mass is 203 g/mol. The van der Waals surface area contributed by atoms with Gasteiger partial charge in [-0.25, -0.2) is 4.57 Å². The zero-order valence-electron chi connectivity index (χ0n) is 6.78. The standard InChI is InChI=1S/C7H10NO4P/c9-13(10,11)12-7-3-6-8-4-1-2-5-8/h1-6H,7H2,(H2,9,10,11). The average Bonchev–Trinajstić information content (AvgIpc) is 2.48. The van der Waals surface area contributed by atoms with Crippen molar-refractivity contribution in [3.05, 3.63) is 30.6 Å². The van der Waals surface area contributed by atoms with E-state index in [4.69, 9.17) is 9.79 Å². The van der Waals surface area contributed by atoms with Crippen LogP contribution in [0.3, 0.4) is 0 Å². The van der Waals surface area contributed by atoms with Crippen LogP contribution in [-0.2, 0) is 9.09 Å². The first-order chi connectivity index (χ1) is 6.08. The minimum atomic E-state index is -4.33. The first kappa shape index (κ1) is 10.2. The van der Waals surface area contributed by atoms with E-state index in [2.05, 4.69) is 4.52 Å². The van der Waals surface area contributed by atoms with Gasteiger partial charge in [0.15, 0.2) is 0 Å². The topological polar surface area (TPSA) is 71.7 Å². The third-order valence-electron chi connectivity index (χ3n) is 1.24. The van der Waals surface area contributed by atoms with E-state index in [0.717, 1.165) is 0 Å². The van der Waals surface area contributed by atoms with Crippen molar-refractivity contribution in [2.45, 2.75) is 0 Å². The molecule has 0 atom stereocenters. The van der Waals surface area contributed by atoms with Crippen molar-refractivity contribution in [2.24, 2.45) is 0 Å². The molecule has 1 aromatic heterocycles. The molecule has 5 nitrogen and oxygen atoms in total. The van der Waals surface area contributed by atoms with Gasteiger partial charge >= 0.3 is 7.82 Å². The molecule has 0 spiro atoms. The molecule has 0 aliphatic heterocycles. The Kier molecular flexibility index (Phi) is 3.45. The van der Waals surface area contributed by atoms with Gasteiger partial charge in [-0.3, -0.25) is 4.52 Å². The summed E-state index contributed by atoms with van der Waals surface area (Å²) in [7, 11) is -4.33. The molecule has 0 aliphatic rings. The fourth-order valence-electron chi connectivity index (χ4n) is 0.752. The van der Waals surface area contributed by atoms with Gasteiger partial charge in [-0.2, -0.15) is 0 Å².